The molecule has 0 heterocycles. The molecule has 1 aliphatic carbocycles. The SMILES string of the molecule is C[Si](C)(OCC1(CO[Si](C)(C)c2ccccc2)c2ccccc2-c2ccccc21)c1ccccc1. The van der Waals surface area contributed by atoms with E-state index in [0.29, 0.717) is 13.2 Å². The fourth-order valence-electron chi connectivity index (χ4n) is 5.22. The third-order valence-corrected chi connectivity index (χ3v) is 12.7. The summed E-state index contributed by atoms with van der Waals surface area (Å²) in [4.78, 5) is 0. The Morgan fingerprint density at radius 2 is 0.829 bits per heavy atom. The van der Waals surface area contributed by atoms with Crippen LogP contribution < -0.4 is 10.4 Å². The molecule has 0 N–H and O–H groups in total. The Bertz CT molecular complexity index is 1200. The Morgan fingerprint density at radius 1 is 0.486 bits per heavy atom. The molecule has 178 valence electrons. The van der Waals surface area contributed by atoms with Crippen molar-refractivity contribution >= 4 is 27.0 Å². The van der Waals surface area contributed by atoms with Gasteiger partial charge < -0.3 is 8.85 Å². The van der Waals surface area contributed by atoms with E-state index >= 15 is 0 Å². The van der Waals surface area contributed by atoms with Crippen molar-refractivity contribution < 1.29 is 8.85 Å². The standard InChI is InChI=1S/C31H34O2Si2/c1-34(2,25-15-7-5-8-16-25)32-23-31(24-33-35(3,4)26-17-9-6-10-18-26)29-21-13-11-19-27(29)28-20-12-14-22-30(28)31/h5-22H,23-24H2,1-4H3. The molecule has 0 aromatic heterocycles. The number of rotatable bonds is 8. The maximum absolute atomic E-state index is 6.96. The van der Waals surface area contributed by atoms with Crippen LogP contribution in [0.25, 0.3) is 11.1 Å². The van der Waals surface area contributed by atoms with Crippen molar-refractivity contribution in [2.45, 2.75) is 31.6 Å². The van der Waals surface area contributed by atoms with Gasteiger partial charge in [0, 0.05) is 0 Å². The molecule has 35 heavy (non-hydrogen) atoms. The van der Waals surface area contributed by atoms with E-state index in [-0.39, 0.29) is 5.41 Å². The maximum atomic E-state index is 6.96. The van der Waals surface area contributed by atoms with Gasteiger partial charge >= 0.3 is 0 Å². The van der Waals surface area contributed by atoms with E-state index in [0.717, 1.165) is 0 Å². The predicted molar refractivity (Wildman–Crippen MR) is 152 cm³/mol. The second kappa shape index (κ2) is 9.36. The minimum Gasteiger partial charge on any atom is -0.412 e. The molecule has 0 saturated heterocycles. The van der Waals surface area contributed by atoms with Gasteiger partial charge in [0.15, 0.2) is 0 Å². The molecule has 0 fully saturated rings. The summed E-state index contributed by atoms with van der Waals surface area (Å²) in [6.07, 6.45) is 0. The third kappa shape index (κ3) is 4.47. The van der Waals surface area contributed by atoms with Crippen molar-refractivity contribution in [1.82, 2.24) is 0 Å². The normalized spacial score (nSPS) is 14.4. The lowest BCUT2D eigenvalue weighted by Crippen LogP contribution is -2.52. The Kier molecular flexibility index (Phi) is 6.40. The van der Waals surface area contributed by atoms with Gasteiger partial charge in [-0.05, 0) is 58.8 Å². The molecule has 4 heteroatoms. The molecular formula is C31H34O2Si2. The molecule has 0 atom stereocenters. The van der Waals surface area contributed by atoms with Gasteiger partial charge in [0.05, 0.1) is 18.6 Å². The topological polar surface area (TPSA) is 18.5 Å². The number of benzene rings is 4. The van der Waals surface area contributed by atoms with Crippen LogP contribution in [0.1, 0.15) is 11.1 Å². The van der Waals surface area contributed by atoms with Crippen LogP contribution >= 0.6 is 0 Å². The molecule has 2 nitrogen and oxygen atoms in total. The van der Waals surface area contributed by atoms with Crippen molar-refractivity contribution in [2.75, 3.05) is 13.2 Å². The predicted octanol–water partition coefficient (Wildman–Crippen LogP) is 6.21. The van der Waals surface area contributed by atoms with Crippen LogP contribution in [0.4, 0.5) is 0 Å². The quantitative estimate of drug-likeness (QED) is 0.271. The second-order valence-electron chi connectivity index (χ2n) is 10.5. The van der Waals surface area contributed by atoms with Crippen LogP contribution in [-0.4, -0.2) is 29.8 Å². The monoisotopic (exact) mass is 494 g/mol. The highest BCUT2D eigenvalue weighted by Gasteiger charge is 2.46. The first-order valence-electron chi connectivity index (χ1n) is 12.4. The van der Waals surface area contributed by atoms with Gasteiger partial charge in [-0.25, -0.2) is 0 Å². The highest BCUT2D eigenvalue weighted by atomic mass is 28.4. The molecular weight excluding hydrogens is 461 g/mol. The Morgan fingerprint density at radius 3 is 1.23 bits per heavy atom. The van der Waals surface area contributed by atoms with Crippen LogP contribution in [0.2, 0.25) is 26.2 Å². The van der Waals surface area contributed by atoms with Crippen LogP contribution in [0.15, 0.2) is 109 Å². The van der Waals surface area contributed by atoms with E-state index in [1.54, 1.807) is 0 Å². The Labute approximate surface area is 211 Å². The first-order chi connectivity index (χ1) is 16.8. The smallest absolute Gasteiger partial charge is 0.218 e. The largest absolute Gasteiger partial charge is 0.412 e. The highest BCUT2D eigenvalue weighted by molar-refractivity contribution is 6.84. The number of fused-ring (bicyclic) bond motifs is 3. The summed E-state index contributed by atoms with van der Waals surface area (Å²) in [5.74, 6) is 0. The zero-order valence-corrected chi connectivity index (χ0v) is 23.1. The van der Waals surface area contributed by atoms with E-state index in [1.165, 1.54) is 32.6 Å². The molecule has 0 saturated carbocycles. The maximum Gasteiger partial charge on any atom is 0.218 e. The minimum atomic E-state index is -2.12. The van der Waals surface area contributed by atoms with Gasteiger partial charge in [-0.2, -0.15) is 0 Å². The summed E-state index contributed by atoms with van der Waals surface area (Å²) in [5.41, 5.74) is 4.89. The van der Waals surface area contributed by atoms with Crippen LogP contribution in [0, 0.1) is 0 Å². The second-order valence-corrected chi connectivity index (χ2v) is 18.3. The van der Waals surface area contributed by atoms with Crippen LogP contribution in [0.5, 0.6) is 0 Å². The van der Waals surface area contributed by atoms with E-state index in [4.69, 9.17) is 8.85 Å². The summed E-state index contributed by atoms with van der Waals surface area (Å²) in [5, 5.41) is 2.63. The third-order valence-electron chi connectivity index (χ3n) is 7.47. The van der Waals surface area contributed by atoms with Gasteiger partial charge in [-0.15, -0.1) is 0 Å². The van der Waals surface area contributed by atoms with E-state index < -0.39 is 16.6 Å². The fraction of sp³-hybridized carbons (Fsp3) is 0.226. The summed E-state index contributed by atoms with van der Waals surface area (Å²) in [6, 6.07) is 39.0. The molecule has 4 aromatic carbocycles. The van der Waals surface area contributed by atoms with Crippen molar-refractivity contribution in [2.24, 2.45) is 0 Å². The van der Waals surface area contributed by atoms with Crippen molar-refractivity contribution in [1.29, 1.82) is 0 Å². The Balaban J connectivity index is 1.55. The molecule has 0 amide bonds. The lowest BCUT2D eigenvalue weighted by atomic mass is 9.80. The van der Waals surface area contributed by atoms with Gasteiger partial charge in [-0.1, -0.05) is 109 Å². The first kappa shape index (κ1) is 24.0. The summed E-state index contributed by atoms with van der Waals surface area (Å²) in [7, 11) is -4.24. The summed E-state index contributed by atoms with van der Waals surface area (Å²) < 4.78 is 13.9. The van der Waals surface area contributed by atoms with Gasteiger partial charge in [-0.3, -0.25) is 0 Å². The molecule has 4 aromatic rings. The van der Waals surface area contributed by atoms with Crippen LogP contribution in [-0.2, 0) is 14.3 Å². The molecule has 0 bridgehead atoms. The van der Waals surface area contributed by atoms with E-state index in [9.17, 15) is 0 Å². The lowest BCUT2D eigenvalue weighted by molar-refractivity contribution is 0.167. The molecule has 1 aliphatic rings. The molecule has 0 unspecified atom stereocenters. The fourth-order valence-corrected chi connectivity index (χ4v) is 8.76. The molecule has 5 rings (SSSR count). The number of hydrogen-bond donors (Lipinski definition) is 0. The first-order valence-corrected chi connectivity index (χ1v) is 18.2. The average molecular weight is 495 g/mol. The zero-order valence-electron chi connectivity index (χ0n) is 21.1. The van der Waals surface area contributed by atoms with E-state index in [2.05, 4.69) is 135 Å². The number of hydrogen-bond acceptors (Lipinski definition) is 2. The van der Waals surface area contributed by atoms with Crippen LogP contribution in [0.3, 0.4) is 0 Å². The highest BCUT2D eigenvalue weighted by Crippen LogP contribution is 2.49. The zero-order chi connectivity index (χ0) is 24.5. The van der Waals surface area contributed by atoms with Gasteiger partial charge in [0.1, 0.15) is 0 Å². The molecule has 0 spiro atoms. The Hall–Kier alpha value is -2.77. The molecule has 0 aliphatic heterocycles. The summed E-state index contributed by atoms with van der Waals surface area (Å²) >= 11 is 0. The van der Waals surface area contributed by atoms with Gasteiger partial charge in [0.25, 0.3) is 0 Å². The van der Waals surface area contributed by atoms with Gasteiger partial charge in [0.2, 0.25) is 16.6 Å². The molecule has 0 radical (unpaired) electrons. The lowest BCUT2D eigenvalue weighted by Gasteiger charge is -2.38. The summed E-state index contributed by atoms with van der Waals surface area (Å²) in [6.45, 7) is 10.4. The van der Waals surface area contributed by atoms with Crippen molar-refractivity contribution in [3.05, 3.63) is 120 Å². The van der Waals surface area contributed by atoms with Crippen molar-refractivity contribution in [3.8, 4) is 11.1 Å². The van der Waals surface area contributed by atoms with Crippen molar-refractivity contribution in [3.63, 3.8) is 0 Å². The average Bonchev–Trinajstić information content (AvgIpc) is 3.18. The van der Waals surface area contributed by atoms with E-state index in [1.807, 2.05) is 0 Å². The minimum absolute atomic E-state index is 0.342.